The largest absolute Gasteiger partial charge is 0.0988 e. The average molecular weight is 219 g/mol. The zero-order chi connectivity index (χ0) is 11.3. The summed E-state index contributed by atoms with van der Waals surface area (Å²) in [6.07, 6.45) is 7.94. The van der Waals surface area contributed by atoms with E-state index < -0.39 is 0 Å². The molecule has 0 aliphatic heterocycles. The summed E-state index contributed by atoms with van der Waals surface area (Å²) in [5.41, 5.74) is 1.14. The minimum absolute atomic E-state index is 0.788. The molecule has 0 amide bonds. The SMILES string of the molecule is C=C\C(C)=C/C=c1/cccc(Cl)/c1=C\C. The topological polar surface area (TPSA) is 0 Å². The molecule has 78 valence electrons. The van der Waals surface area contributed by atoms with Crippen molar-refractivity contribution in [2.45, 2.75) is 13.8 Å². The van der Waals surface area contributed by atoms with Crippen LogP contribution in [0.5, 0.6) is 0 Å². The number of hydrogen-bond acceptors (Lipinski definition) is 0. The molecule has 1 heteroatoms. The number of hydrogen-bond donors (Lipinski definition) is 0. The van der Waals surface area contributed by atoms with Gasteiger partial charge in [-0.05, 0) is 30.4 Å². The Morgan fingerprint density at radius 1 is 1.40 bits per heavy atom. The lowest BCUT2D eigenvalue weighted by atomic mass is 10.2. The Labute approximate surface area is 95.9 Å². The van der Waals surface area contributed by atoms with Crippen LogP contribution in [0.25, 0.3) is 12.2 Å². The van der Waals surface area contributed by atoms with Crippen LogP contribution in [0.1, 0.15) is 13.8 Å². The van der Waals surface area contributed by atoms with Crippen molar-refractivity contribution in [1.29, 1.82) is 0 Å². The molecule has 0 aliphatic rings. The Kier molecular flexibility index (Phi) is 4.38. The minimum Gasteiger partial charge on any atom is -0.0988 e. The van der Waals surface area contributed by atoms with Crippen LogP contribution in [-0.2, 0) is 0 Å². The molecule has 0 aromatic heterocycles. The van der Waals surface area contributed by atoms with E-state index in [2.05, 4.69) is 12.7 Å². The van der Waals surface area contributed by atoms with Crippen LogP contribution in [0.3, 0.4) is 0 Å². The van der Waals surface area contributed by atoms with Gasteiger partial charge in [-0.25, -0.2) is 0 Å². The molecule has 0 saturated heterocycles. The highest BCUT2D eigenvalue weighted by atomic mass is 35.5. The van der Waals surface area contributed by atoms with E-state index in [0.717, 1.165) is 21.0 Å². The van der Waals surface area contributed by atoms with Crippen molar-refractivity contribution in [2.75, 3.05) is 0 Å². The maximum atomic E-state index is 6.09. The normalized spacial score (nSPS) is 14.5. The lowest BCUT2D eigenvalue weighted by molar-refractivity contribution is 1.49. The number of allylic oxidation sites excluding steroid dienone is 3. The predicted octanol–water partition coefficient (Wildman–Crippen LogP) is 3.05. The molecule has 1 aromatic rings. The second kappa shape index (κ2) is 5.57. The second-order valence-electron chi connectivity index (χ2n) is 3.31. The quantitative estimate of drug-likeness (QED) is 0.670. The van der Waals surface area contributed by atoms with Gasteiger partial charge in [0.1, 0.15) is 0 Å². The van der Waals surface area contributed by atoms with Gasteiger partial charge in [-0.3, -0.25) is 0 Å². The van der Waals surface area contributed by atoms with Crippen molar-refractivity contribution in [2.24, 2.45) is 0 Å². The van der Waals surface area contributed by atoms with Gasteiger partial charge < -0.3 is 0 Å². The van der Waals surface area contributed by atoms with Gasteiger partial charge in [0.25, 0.3) is 0 Å². The molecule has 0 aliphatic carbocycles. The Morgan fingerprint density at radius 3 is 2.73 bits per heavy atom. The smallest absolute Gasteiger partial charge is 0.0481 e. The minimum atomic E-state index is 0.788. The fraction of sp³-hybridized carbons (Fsp3) is 0.143. The van der Waals surface area contributed by atoms with E-state index in [4.69, 9.17) is 11.6 Å². The highest BCUT2D eigenvalue weighted by Crippen LogP contribution is 1.97. The highest BCUT2D eigenvalue weighted by molar-refractivity contribution is 6.30. The van der Waals surface area contributed by atoms with Crippen LogP contribution >= 0.6 is 11.6 Å². The fourth-order valence-electron chi connectivity index (χ4n) is 1.29. The third kappa shape index (κ3) is 3.10. The highest BCUT2D eigenvalue weighted by Gasteiger charge is 1.89. The summed E-state index contributed by atoms with van der Waals surface area (Å²) in [5, 5.41) is 2.99. The summed E-state index contributed by atoms with van der Waals surface area (Å²) in [5.74, 6) is 0. The van der Waals surface area contributed by atoms with Crippen molar-refractivity contribution in [3.63, 3.8) is 0 Å². The first kappa shape index (κ1) is 11.8. The predicted molar refractivity (Wildman–Crippen MR) is 69.3 cm³/mol. The second-order valence-corrected chi connectivity index (χ2v) is 3.72. The summed E-state index contributed by atoms with van der Waals surface area (Å²) in [4.78, 5) is 0. The standard InChI is InChI=1S/C14H15Cl/c1-4-11(3)9-10-12-7-6-8-14(15)13(12)5-2/h4-10H,1H2,2-3H3/b11-9-,12-10-,13-5-. The molecular formula is C14H15Cl. The molecule has 0 nitrogen and oxygen atoms in total. The van der Waals surface area contributed by atoms with Crippen LogP contribution in [0.4, 0.5) is 0 Å². The molecule has 0 N–H and O–H groups in total. The number of halogens is 1. The summed E-state index contributed by atoms with van der Waals surface area (Å²) in [6.45, 7) is 7.72. The van der Waals surface area contributed by atoms with E-state index in [1.165, 1.54) is 0 Å². The monoisotopic (exact) mass is 218 g/mol. The van der Waals surface area contributed by atoms with Crippen molar-refractivity contribution >= 4 is 23.8 Å². The molecular weight excluding hydrogens is 204 g/mol. The zero-order valence-electron chi connectivity index (χ0n) is 9.13. The maximum absolute atomic E-state index is 6.09. The molecule has 0 fully saturated rings. The van der Waals surface area contributed by atoms with Crippen LogP contribution < -0.4 is 10.4 Å². The van der Waals surface area contributed by atoms with Crippen molar-refractivity contribution in [3.05, 3.63) is 58.0 Å². The summed E-state index contributed by atoms with van der Waals surface area (Å²) in [6, 6.07) is 5.91. The first-order valence-corrected chi connectivity index (χ1v) is 5.28. The van der Waals surface area contributed by atoms with Gasteiger partial charge in [0, 0.05) is 5.02 Å². The number of benzene rings is 1. The van der Waals surface area contributed by atoms with E-state index in [0.29, 0.717) is 0 Å². The van der Waals surface area contributed by atoms with E-state index in [1.807, 2.05) is 50.3 Å². The Morgan fingerprint density at radius 2 is 2.13 bits per heavy atom. The first-order valence-electron chi connectivity index (χ1n) is 4.91. The van der Waals surface area contributed by atoms with Gasteiger partial charge in [-0.2, -0.15) is 0 Å². The van der Waals surface area contributed by atoms with E-state index >= 15 is 0 Å². The summed E-state index contributed by atoms with van der Waals surface area (Å²) < 4.78 is 0. The summed E-state index contributed by atoms with van der Waals surface area (Å²) in [7, 11) is 0. The maximum Gasteiger partial charge on any atom is 0.0481 e. The third-order valence-electron chi connectivity index (χ3n) is 2.22. The van der Waals surface area contributed by atoms with Crippen LogP contribution in [0.2, 0.25) is 5.02 Å². The van der Waals surface area contributed by atoms with E-state index in [9.17, 15) is 0 Å². The van der Waals surface area contributed by atoms with Crippen molar-refractivity contribution in [3.8, 4) is 0 Å². The molecule has 15 heavy (non-hydrogen) atoms. The lowest BCUT2D eigenvalue weighted by Gasteiger charge is -1.93. The molecule has 0 bridgehead atoms. The first-order chi connectivity index (χ1) is 7.19. The van der Waals surface area contributed by atoms with Gasteiger partial charge in [0.2, 0.25) is 0 Å². The zero-order valence-corrected chi connectivity index (χ0v) is 9.88. The summed E-state index contributed by atoms with van der Waals surface area (Å²) >= 11 is 6.09. The molecule has 0 atom stereocenters. The molecule has 1 aromatic carbocycles. The molecule has 0 heterocycles. The van der Waals surface area contributed by atoms with Gasteiger partial charge in [0.05, 0.1) is 0 Å². The van der Waals surface area contributed by atoms with Crippen LogP contribution in [0.15, 0.2) is 42.5 Å². The van der Waals surface area contributed by atoms with Gasteiger partial charge in [-0.15, -0.1) is 0 Å². The lowest BCUT2D eigenvalue weighted by Crippen LogP contribution is -2.24. The van der Waals surface area contributed by atoms with Crippen molar-refractivity contribution in [1.82, 2.24) is 0 Å². The van der Waals surface area contributed by atoms with Crippen LogP contribution in [-0.4, -0.2) is 0 Å². The molecule has 1 rings (SSSR count). The van der Waals surface area contributed by atoms with Gasteiger partial charge in [-0.1, -0.05) is 60.2 Å². The van der Waals surface area contributed by atoms with Gasteiger partial charge >= 0.3 is 0 Å². The Balaban J connectivity index is 3.39. The molecule has 0 radical (unpaired) electrons. The Bertz CT molecular complexity index is 493. The van der Waals surface area contributed by atoms with Crippen LogP contribution in [0, 0.1) is 0 Å². The Hall–Kier alpha value is -1.27. The van der Waals surface area contributed by atoms with Gasteiger partial charge in [0.15, 0.2) is 0 Å². The fourth-order valence-corrected chi connectivity index (χ4v) is 1.58. The average Bonchev–Trinajstić information content (AvgIpc) is 2.25. The molecule has 0 unspecified atom stereocenters. The third-order valence-corrected chi connectivity index (χ3v) is 2.55. The van der Waals surface area contributed by atoms with Crippen molar-refractivity contribution < 1.29 is 0 Å². The van der Waals surface area contributed by atoms with E-state index in [-0.39, 0.29) is 0 Å². The molecule has 0 saturated carbocycles. The number of rotatable bonds is 2. The molecule has 0 spiro atoms. The van der Waals surface area contributed by atoms with E-state index in [1.54, 1.807) is 0 Å².